The van der Waals surface area contributed by atoms with Gasteiger partial charge in [-0.05, 0) is 47.1 Å². The van der Waals surface area contributed by atoms with Crippen molar-refractivity contribution in [1.82, 2.24) is 9.66 Å². The Morgan fingerprint density at radius 1 is 1.09 bits per heavy atom. The van der Waals surface area contributed by atoms with E-state index in [-0.39, 0.29) is 12.2 Å². The van der Waals surface area contributed by atoms with E-state index in [4.69, 9.17) is 20.2 Å². The predicted octanol–water partition coefficient (Wildman–Crippen LogP) is 3.97. The van der Waals surface area contributed by atoms with Gasteiger partial charge in [0.15, 0.2) is 23.9 Å². The summed E-state index contributed by atoms with van der Waals surface area (Å²) < 4.78 is 13.0. The molecule has 0 radical (unpaired) electrons. The average molecular weight is 521 g/mol. The molecule has 2 N–H and O–H groups in total. The van der Waals surface area contributed by atoms with Crippen LogP contribution in [0.1, 0.15) is 12.5 Å². The van der Waals surface area contributed by atoms with E-state index in [1.54, 1.807) is 30.3 Å². The fourth-order valence-corrected chi connectivity index (χ4v) is 3.73. The monoisotopic (exact) mass is 520 g/mol. The summed E-state index contributed by atoms with van der Waals surface area (Å²) in [5.74, 6) is 0.601. The molecule has 0 aliphatic rings. The molecule has 0 aliphatic heterocycles. The third kappa shape index (κ3) is 4.99. The lowest BCUT2D eigenvalue weighted by Gasteiger charge is -2.13. The standard InChI is InChI=1S/C25H21BrN4O4/c1-2-33-21-12-17(19(26)13-22(21)34-15-23(27)31)14-28-30-24(16-8-4-3-5-9-16)29-20-11-7-6-10-18(20)25(30)32/h3-14H,2,15H2,1H3,(H2,27,31). The van der Waals surface area contributed by atoms with Gasteiger partial charge in [0.2, 0.25) is 0 Å². The van der Waals surface area contributed by atoms with E-state index in [1.165, 1.54) is 10.9 Å². The highest BCUT2D eigenvalue weighted by atomic mass is 79.9. The maximum Gasteiger partial charge on any atom is 0.282 e. The molecule has 0 saturated carbocycles. The highest BCUT2D eigenvalue weighted by molar-refractivity contribution is 9.10. The highest BCUT2D eigenvalue weighted by Crippen LogP contribution is 2.33. The smallest absolute Gasteiger partial charge is 0.282 e. The molecule has 3 aromatic carbocycles. The SMILES string of the molecule is CCOc1cc(C=Nn2c(-c3ccccc3)nc3ccccc3c2=O)c(Br)cc1OCC(N)=O. The Balaban J connectivity index is 1.82. The van der Waals surface area contributed by atoms with Crippen LogP contribution in [0.15, 0.2) is 81.1 Å². The lowest BCUT2D eigenvalue weighted by Crippen LogP contribution is -2.20. The number of nitrogens with zero attached hydrogens (tertiary/aromatic N) is 3. The van der Waals surface area contributed by atoms with Crippen molar-refractivity contribution in [2.24, 2.45) is 10.8 Å². The van der Waals surface area contributed by atoms with E-state index in [2.05, 4.69) is 21.0 Å². The van der Waals surface area contributed by atoms with Crippen LogP contribution >= 0.6 is 15.9 Å². The summed E-state index contributed by atoms with van der Waals surface area (Å²) in [6.45, 7) is 1.94. The highest BCUT2D eigenvalue weighted by Gasteiger charge is 2.14. The first-order valence-corrected chi connectivity index (χ1v) is 11.3. The van der Waals surface area contributed by atoms with Crippen LogP contribution in [0.2, 0.25) is 0 Å². The number of aromatic nitrogens is 2. The lowest BCUT2D eigenvalue weighted by atomic mass is 10.2. The molecule has 0 aliphatic carbocycles. The van der Waals surface area contributed by atoms with Gasteiger partial charge >= 0.3 is 0 Å². The summed E-state index contributed by atoms with van der Waals surface area (Å²) in [4.78, 5) is 29.1. The van der Waals surface area contributed by atoms with E-state index >= 15 is 0 Å². The van der Waals surface area contributed by atoms with Crippen molar-refractivity contribution < 1.29 is 14.3 Å². The van der Waals surface area contributed by atoms with E-state index in [9.17, 15) is 9.59 Å². The van der Waals surface area contributed by atoms with Gasteiger partial charge < -0.3 is 15.2 Å². The first-order chi connectivity index (χ1) is 16.5. The van der Waals surface area contributed by atoms with Crippen LogP contribution in [0.3, 0.4) is 0 Å². The van der Waals surface area contributed by atoms with Crippen LogP contribution in [0.5, 0.6) is 11.5 Å². The molecule has 1 aromatic heterocycles. The minimum Gasteiger partial charge on any atom is -0.490 e. The molecule has 0 bridgehead atoms. The van der Waals surface area contributed by atoms with Crippen LogP contribution < -0.4 is 20.8 Å². The van der Waals surface area contributed by atoms with E-state index in [1.807, 2.05) is 43.3 Å². The van der Waals surface area contributed by atoms with Crippen LogP contribution in [-0.2, 0) is 4.79 Å². The Bertz CT molecular complexity index is 1430. The van der Waals surface area contributed by atoms with Gasteiger partial charge in [0.05, 0.1) is 23.7 Å². The molecule has 8 nitrogen and oxygen atoms in total. The Hall–Kier alpha value is -3.98. The molecule has 0 atom stereocenters. The molecular formula is C25H21BrN4O4. The molecule has 4 rings (SSSR count). The molecule has 1 amide bonds. The van der Waals surface area contributed by atoms with Gasteiger partial charge in [-0.1, -0.05) is 42.5 Å². The fraction of sp³-hybridized carbons (Fsp3) is 0.120. The molecule has 0 saturated heterocycles. The number of carbonyl (C=O) groups excluding carboxylic acids is 1. The average Bonchev–Trinajstić information content (AvgIpc) is 2.84. The van der Waals surface area contributed by atoms with Gasteiger partial charge in [-0.25, -0.2) is 4.98 Å². The molecule has 1 heterocycles. The second kappa shape index (κ2) is 10.3. The van der Waals surface area contributed by atoms with Crippen molar-refractivity contribution in [3.05, 3.63) is 87.1 Å². The summed E-state index contributed by atoms with van der Waals surface area (Å²) in [5.41, 5.74) is 6.88. The number of nitrogens with two attached hydrogens (primary N) is 1. The summed E-state index contributed by atoms with van der Waals surface area (Å²) >= 11 is 3.49. The largest absolute Gasteiger partial charge is 0.490 e. The molecule has 0 fully saturated rings. The zero-order valence-electron chi connectivity index (χ0n) is 18.3. The summed E-state index contributed by atoms with van der Waals surface area (Å²) in [6, 6.07) is 19.9. The second-order valence-corrected chi connectivity index (χ2v) is 8.04. The van der Waals surface area contributed by atoms with Gasteiger partial charge in [0.1, 0.15) is 0 Å². The van der Waals surface area contributed by atoms with Crippen molar-refractivity contribution in [2.75, 3.05) is 13.2 Å². The molecule has 34 heavy (non-hydrogen) atoms. The number of carbonyl (C=O) groups is 1. The maximum atomic E-state index is 13.3. The molecule has 9 heteroatoms. The van der Waals surface area contributed by atoms with Crippen LogP contribution in [0.4, 0.5) is 0 Å². The van der Waals surface area contributed by atoms with Crippen LogP contribution in [-0.4, -0.2) is 35.0 Å². The van der Waals surface area contributed by atoms with Crippen molar-refractivity contribution in [3.63, 3.8) is 0 Å². The molecule has 172 valence electrons. The van der Waals surface area contributed by atoms with Crippen molar-refractivity contribution in [1.29, 1.82) is 0 Å². The normalized spacial score (nSPS) is 11.1. The van der Waals surface area contributed by atoms with Crippen molar-refractivity contribution in [2.45, 2.75) is 6.92 Å². The number of rotatable bonds is 8. The number of hydrogen-bond donors (Lipinski definition) is 1. The first-order valence-electron chi connectivity index (χ1n) is 10.5. The lowest BCUT2D eigenvalue weighted by molar-refractivity contribution is -0.119. The quantitative estimate of drug-likeness (QED) is 0.353. The number of halogens is 1. The number of para-hydroxylation sites is 1. The predicted molar refractivity (Wildman–Crippen MR) is 134 cm³/mol. The molecule has 0 spiro atoms. The number of fused-ring (bicyclic) bond motifs is 1. The van der Waals surface area contributed by atoms with Crippen LogP contribution in [0, 0.1) is 0 Å². The minimum atomic E-state index is -0.596. The summed E-state index contributed by atoms with van der Waals surface area (Å²) in [5, 5.41) is 4.95. The number of amides is 1. The summed E-state index contributed by atoms with van der Waals surface area (Å²) in [7, 11) is 0. The third-order valence-electron chi connectivity index (χ3n) is 4.83. The zero-order chi connectivity index (χ0) is 24.1. The number of benzene rings is 3. The van der Waals surface area contributed by atoms with Crippen molar-refractivity contribution in [3.8, 4) is 22.9 Å². The van der Waals surface area contributed by atoms with Gasteiger partial charge in [0, 0.05) is 15.6 Å². The number of hydrogen-bond acceptors (Lipinski definition) is 6. The van der Waals surface area contributed by atoms with Gasteiger partial charge in [0.25, 0.3) is 11.5 Å². The Kier molecular flexibility index (Phi) is 7.03. The topological polar surface area (TPSA) is 109 Å². The second-order valence-electron chi connectivity index (χ2n) is 7.19. The van der Waals surface area contributed by atoms with E-state index in [0.717, 1.165) is 5.56 Å². The number of primary amides is 1. The maximum absolute atomic E-state index is 13.3. The number of ether oxygens (including phenoxy) is 2. The fourth-order valence-electron chi connectivity index (χ4n) is 3.30. The van der Waals surface area contributed by atoms with E-state index < -0.39 is 5.91 Å². The van der Waals surface area contributed by atoms with Gasteiger partial charge in [-0.2, -0.15) is 9.78 Å². The van der Waals surface area contributed by atoms with Crippen molar-refractivity contribution >= 4 is 39.0 Å². The van der Waals surface area contributed by atoms with E-state index in [0.29, 0.717) is 44.9 Å². The Morgan fingerprint density at radius 3 is 2.53 bits per heavy atom. The zero-order valence-corrected chi connectivity index (χ0v) is 19.9. The first kappa shape index (κ1) is 23.2. The Morgan fingerprint density at radius 2 is 1.79 bits per heavy atom. The molecular weight excluding hydrogens is 500 g/mol. The van der Waals surface area contributed by atoms with Gasteiger partial charge in [-0.3, -0.25) is 9.59 Å². The van der Waals surface area contributed by atoms with Crippen LogP contribution in [0.25, 0.3) is 22.3 Å². The molecule has 0 unspecified atom stereocenters. The minimum absolute atomic E-state index is 0.279. The summed E-state index contributed by atoms with van der Waals surface area (Å²) in [6.07, 6.45) is 1.54. The Labute approximate surface area is 203 Å². The third-order valence-corrected chi connectivity index (χ3v) is 5.52. The molecule has 4 aromatic rings. The van der Waals surface area contributed by atoms with Gasteiger partial charge in [-0.15, -0.1) is 0 Å².